The van der Waals surface area contributed by atoms with Crippen LogP contribution in [0.3, 0.4) is 0 Å². The van der Waals surface area contributed by atoms with Crippen molar-refractivity contribution in [2.75, 3.05) is 0 Å². The van der Waals surface area contributed by atoms with Gasteiger partial charge < -0.3 is 10.5 Å². The molecule has 0 aliphatic heterocycles. The average molecular weight is 230 g/mol. The Labute approximate surface area is 94.0 Å². The van der Waals surface area contributed by atoms with Gasteiger partial charge in [-0.25, -0.2) is 0 Å². The molecular weight excluding hydrogens is 218 g/mol. The average Bonchev–Trinajstić information content (AvgIpc) is 2.11. The van der Waals surface area contributed by atoms with Crippen LogP contribution in [0.25, 0.3) is 0 Å². The highest BCUT2D eigenvalue weighted by molar-refractivity contribution is 7.80. The molecule has 0 aliphatic carbocycles. The fourth-order valence-corrected chi connectivity index (χ4v) is 1.12. The van der Waals surface area contributed by atoms with Crippen LogP contribution in [-0.4, -0.2) is 11.1 Å². The Hall–Kier alpha value is -0.800. The fraction of sp³-hybridized carbons (Fsp3) is 0.300. The lowest BCUT2D eigenvalue weighted by Crippen LogP contribution is -2.28. The van der Waals surface area contributed by atoms with Gasteiger partial charge in [-0.1, -0.05) is 23.8 Å². The molecule has 4 heteroatoms. The number of nitrogens with two attached hydrogens (primary N) is 1. The van der Waals surface area contributed by atoms with Crippen LogP contribution in [0, 0.1) is 6.92 Å². The Morgan fingerprint density at radius 1 is 1.57 bits per heavy atom. The van der Waals surface area contributed by atoms with E-state index in [-0.39, 0.29) is 6.10 Å². The molecule has 2 N–H and O–H groups in total. The molecule has 0 radical (unpaired) electrons. The minimum atomic E-state index is -0.259. The summed E-state index contributed by atoms with van der Waals surface area (Å²) in [6, 6.07) is 5.44. The van der Waals surface area contributed by atoms with Crippen LogP contribution in [0.4, 0.5) is 0 Å². The Balaban J connectivity index is 2.78. The quantitative estimate of drug-likeness (QED) is 0.810. The van der Waals surface area contributed by atoms with Crippen molar-refractivity contribution in [3.05, 3.63) is 28.8 Å². The van der Waals surface area contributed by atoms with Crippen LogP contribution in [0.2, 0.25) is 5.02 Å². The molecule has 0 spiro atoms. The zero-order valence-electron chi connectivity index (χ0n) is 8.08. The predicted octanol–water partition coefficient (Wildman–Crippen LogP) is 2.70. The van der Waals surface area contributed by atoms with E-state index in [1.54, 1.807) is 12.1 Å². The lowest BCUT2D eigenvalue weighted by atomic mass is 10.2. The second-order valence-corrected chi connectivity index (χ2v) is 3.95. The van der Waals surface area contributed by atoms with Crippen LogP contribution < -0.4 is 10.5 Å². The second kappa shape index (κ2) is 4.62. The summed E-state index contributed by atoms with van der Waals surface area (Å²) >= 11 is 10.7. The molecule has 0 aromatic heterocycles. The van der Waals surface area contributed by atoms with E-state index in [1.807, 2.05) is 19.9 Å². The number of ether oxygens (including phenoxy) is 1. The van der Waals surface area contributed by atoms with E-state index in [2.05, 4.69) is 0 Å². The van der Waals surface area contributed by atoms with E-state index in [1.165, 1.54) is 0 Å². The van der Waals surface area contributed by atoms with Gasteiger partial charge in [0.15, 0.2) is 0 Å². The van der Waals surface area contributed by atoms with Gasteiger partial charge in [0.05, 0.1) is 0 Å². The van der Waals surface area contributed by atoms with Crippen molar-refractivity contribution >= 4 is 28.8 Å². The van der Waals surface area contributed by atoms with Crippen molar-refractivity contribution in [1.29, 1.82) is 0 Å². The number of rotatable bonds is 3. The van der Waals surface area contributed by atoms with Gasteiger partial charge in [0, 0.05) is 5.02 Å². The van der Waals surface area contributed by atoms with E-state index >= 15 is 0 Å². The normalized spacial score (nSPS) is 12.2. The number of hydrogen-bond donors (Lipinski definition) is 1. The zero-order chi connectivity index (χ0) is 10.7. The molecule has 0 heterocycles. The van der Waals surface area contributed by atoms with Crippen molar-refractivity contribution in [2.45, 2.75) is 20.0 Å². The van der Waals surface area contributed by atoms with Gasteiger partial charge >= 0.3 is 0 Å². The lowest BCUT2D eigenvalue weighted by Gasteiger charge is -2.13. The van der Waals surface area contributed by atoms with Crippen LogP contribution in [0.15, 0.2) is 18.2 Å². The summed E-state index contributed by atoms with van der Waals surface area (Å²) in [5.74, 6) is 0.729. The molecule has 1 aromatic rings. The van der Waals surface area contributed by atoms with Crippen molar-refractivity contribution < 1.29 is 4.74 Å². The maximum atomic E-state index is 5.87. The summed E-state index contributed by atoms with van der Waals surface area (Å²) in [7, 11) is 0. The molecule has 1 unspecified atom stereocenters. The third-order valence-electron chi connectivity index (χ3n) is 1.84. The van der Waals surface area contributed by atoms with E-state index in [9.17, 15) is 0 Å². The first kappa shape index (κ1) is 11.3. The van der Waals surface area contributed by atoms with Crippen LogP contribution in [0.1, 0.15) is 12.5 Å². The molecule has 0 bridgehead atoms. The number of hydrogen-bond acceptors (Lipinski definition) is 2. The topological polar surface area (TPSA) is 35.2 Å². The third kappa shape index (κ3) is 2.86. The van der Waals surface area contributed by atoms with E-state index < -0.39 is 0 Å². The van der Waals surface area contributed by atoms with Crippen LogP contribution in [0.5, 0.6) is 5.75 Å². The van der Waals surface area contributed by atoms with Gasteiger partial charge in [0.2, 0.25) is 0 Å². The molecule has 0 fully saturated rings. The molecule has 14 heavy (non-hydrogen) atoms. The smallest absolute Gasteiger partial charge is 0.145 e. The number of thiocarbonyl (C=S) groups is 1. The largest absolute Gasteiger partial charge is 0.484 e. The molecule has 0 saturated heterocycles. The SMILES string of the molecule is Cc1cc(OC(C)C(N)=S)ccc1Cl. The van der Waals surface area contributed by atoms with Crippen molar-refractivity contribution in [2.24, 2.45) is 5.73 Å². The fourth-order valence-electron chi connectivity index (χ4n) is 0.953. The monoisotopic (exact) mass is 229 g/mol. The van der Waals surface area contributed by atoms with Gasteiger partial charge in [-0.05, 0) is 37.6 Å². The molecule has 76 valence electrons. The minimum Gasteiger partial charge on any atom is -0.484 e. The highest BCUT2D eigenvalue weighted by Gasteiger charge is 2.07. The van der Waals surface area contributed by atoms with Gasteiger partial charge in [0.25, 0.3) is 0 Å². The summed E-state index contributed by atoms with van der Waals surface area (Å²) in [4.78, 5) is 0.345. The summed E-state index contributed by atoms with van der Waals surface area (Å²) in [6.07, 6.45) is -0.259. The van der Waals surface area contributed by atoms with Crippen molar-refractivity contribution in [1.82, 2.24) is 0 Å². The molecule has 0 amide bonds. The van der Waals surface area contributed by atoms with E-state index in [4.69, 9.17) is 34.3 Å². The van der Waals surface area contributed by atoms with Gasteiger partial charge in [-0.15, -0.1) is 0 Å². The zero-order valence-corrected chi connectivity index (χ0v) is 9.65. The maximum Gasteiger partial charge on any atom is 0.145 e. The Morgan fingerprint density at radius 2 is 2.21 bits per heavy atom. The molecule has 0 aliphatic rings. The first-order valence-corrected chi connectivity index (χ1v) is 5.01. The lowest BCUT2D eigenvalue weighted by molar-refractivity contribution is 0.288. The first-order valence-electron chi connectivity index (χ1n) is 4.23. The minimum absolute atomic E-state index is 0.259. The van der Waals surface area contributed by atoms with Crippen molar-refractivity contribution in [3.63, 3.8) is 0 Å². The van der Waals surface area contributed by atoms with Crippen LogP contribution in [-0.2, 0) is 0 Å². The first-order chi connectivity index (χ1) is 6.50. The maximum absolute atomic E-state index is 5.87. The van der Waals surface area contributed by atoms with Gasteiger partial charge in [-0.2, -0.15) is 0 Å². The predicted molar refractivity (Wildman–Crippen MR) is 63.1 cm³/mol. The molecule has 1 rings (SSSR count). The summed E-state index contributed by atoms with van der Waals surface area (Å²) < 4.78 is 5.49. The van der Waals surface area contributed by atoms with Crippen molar-refractivity contribution in [3.8, 4) is 5.75 Å². The second-order valence-electron chi connectivity index (χ2n) is 3.07. The molecule has 1 atom stereocenters. The standard InChI is InChI=1S/C10H12ClNOS/c1-6-5-8(3-4-9(6)11)13-7(2)10(12)14/h3-5,7H,1-2H3,(H2,12,14). The van der Waals surface area contributed by atoms with E-state index in [0.29, 0.717) is 4.99 Å². The van der Waals surface area contributed by atoms with Gasteiger partial charge in [0.1, 0.15) is 16.8 Å². The molecule has 0 saturated carbocycles. The highest BCUT2D eigenvalue weighted by atomic mass is 35.5. The molecular formula is C10H12ClNOS. The number of halogens is 1. The number of benzene rings is 1. The van der Waals surface area contributed by atoms with Crippen LogP contribution >= 0.6 is 23.8 Å². The summed E-state index contributed by atoms with van der Waals surface area (Å²) in [6.45, 7) is 3.73. The Bertz CT molecular complexity index is 354. The Kier molecular flexibility index (Phi) is 3.72. The summed E-state index contributed by atoms with van der Waals surface area (Å²) in [5, 5.41) is 0.723. The third-order valence-corrected chi connectivity index (χ3v) is 2.60. The Morgan fingerprint density at radius 3 is 2.71 bits per heavy atom. The van der Waals surface area contributed by atoms with E-state index in [0.717, 1.165) is 16.3 Å². The molecule has 1 aromatic carbocycles. The van der Waals surface area contributed by atoms with Gasteiger partial charge in [-0.3, -0.25) is 0 Å². The highest BCUT2D eigenvalue weighted by Crippen LogP contribution is 2.21. The summed E-state index contributed by atoms with van der Waals surface area (Å²) in [5.41, 5.74) is 6.40. The molecule has 2 nitrogen and oxygen atoms in total. The number of aryl methyl sites for hydroxylation is 1.